The first-order valence-electron chi connectivity index (χ1n) is 5.92. The fraction of sp³-hybridized carbons (Fsp3) is 0.917. The molecule has 0 aromatic rings. The van der Waals surface area contributed by atoms with Crippen LogP contribution >= 0.6 is 0 Å². The second-order valence-corrected chi connectivity index (χ2v) is 5.88. The van der Waals surface area contributed by atoms with E-state index in [1.807, 2.05) is 20.8 Å². The maximum Gasteiger partial charge on any atom is 0.309 e. The maximum atomic E-state index is 11.3. The van der Waals surface area contributed by atoms with E-state index in [1.54, 1.807) is 0 Å². The van der Waals surface area contributed by atoms with Crippen LogP contribution in [0.15, 0.2) is 0 Å². The standard InChI is InChI=1S/C12H20O4/c1-12(2,3)11(14)16-8-5-4-7-6-9(8)15-10(7)13/h7-9,11,14H,4-6H2,1-3H3. The zero-order valence-corrected chi connectivity index (χ0v) is 10.1. The van der Waals surface area contributed by atoms with Crippen LogP contribution in [0.2, 0.25) is 0 Å². The molecule has 0 aromatic heterocycles. The van der Waals surface area contributed by atoms with Gasteiger partial charge in [0.25, 0.3) is 0 Å². The van der Waals surface area contributed by atoms with E-state index in [-0.39, 0.29) is 29.5 Å². The minimum Gasteiger partial charge on any atom is -0.459 e. The number of rotatable bonds is 2. The monoisotopic (exact) mass is 228 g/mol. The van der Waals surface area contributed by atoms with Gasteiger partial charge in [0.1, 0.15) is 6.10 Å². The predicted octanol–water partition coefficient (Wildman–Crippen LogP) is 1.46. The Morgan fingerprint density at radius 2 is 2.12 bits per heavy atom. The van der Waals surface area contributed by atoms with Gasteiger partial charge < -0.3 is 14.6 Å². The molecule has 2 aliphatic rings. The first-order valence-corrected chi connectivity index (χ1v) is 5.92. The van der Waals surface area contributed by atoms with E-state index < -0.39 is 6.29 Å². The summed E-state index contributed by atoms with van der Waals surface area (Å²) >= 11 is 0. The molecule has 92 valence electrons. The molecule has 0 radical (unpaired) electrons. The lowest BCUT2D eigenvalue weighted by molar-refractivity contribution is -0.211. The molecule has 1 saturated heterocycles. The van der Waals surface area contributed by atoms with E-state index in [2.05, 4.69) is 0 Å². The summed E-state index contributed by atoms with van der Waals surface area (Å²) in [5.74, 6) is -0.0296. The average Bonchev–Trinajstić information content (AvgIpc) is 2.46. The third-order valence-corrected chi connectivity index (χ3v) is 3.38. The Balaban J connectivity index is 1.94. The Kier molecular flexibility index (Phi) is 2.97. The van der Waals surface area contributed by atoms with Crippen LogP contribution in [0.25, 0.3) is 0 Å². The third kappa shape index (κ3) is 2.23. The number of esters is 1. The summed E-state index contributed by atoms with van der Waals surface area (Å²) in [5, 5.41) is 9.87. The molecule has 1 heterocycles. The van der Waals surface area contributed by atoms with Crippen molar-refractivity contribution in [3.63, 3.8) is 0 Å². The minimum absolute atomic E-state index is 0.0663. The van der Waals surface area contributed by atoms with Gasteiger partial charge in [-0.3, -0.25) is 4.79 Å². The van der Waals surface area contributed by atoms with Crippen molar-refractivity contribution >= 4 is 5.97 Å². The van der Waals surface area contributed by atoms with E-state index in [9.17, 15) is 9.90 Å². The zero-order valence-electron chi connectivity index (χ0n) is 10.1. The van der Waals surface area contributed by atoms with Crippen LogP contribution in [-0.4, -0.2) is 29.6 Å². The van der Waals surface area contributed by atoms with Gasteiger partial charge in [-0.1, -0.05) is 20.8 Å². The lowest BCUT2D eigenvalue weighted by atomic mass is 9.87. The van der Waals surface area contributed by atoms with Crippen molar-refractivity contribution in [1.82, 2.24) is 0 Å². The number of carbonyl (C=O) groups is 1. The molecule has 0 aromatic carbocycles. The van der Waals surface area contributed by atoms with E-state index in [1.165, 1.54) is 0 Å². The predicted molar refractivity (Wildman–Crippen MR) is 57.6 cm³/mol. The number of hydrogen-bond donors (Lipinski definition) is 1. The summed E-state index contributed by atoms with van der Waals surface area (Å²) in [4.78, 5) is 11.3. The van der Waals surface area contributed by atoms with Crippen LogP contribution < -0.4 is 0 Å². The molecule has 0 spiro atoms. The second kappa shape index (κ2) is 4.00. The first kappa shape index (κ1) is 11.9. The molecule has 4 nitrogen and oxygen atoms in total. The lowest BCUT2D eigenvalue weighted by Gasteiger charge is -2.33. The van der Waals surface area contributed by atoms with Crippen LogP contribution in [-0.2, 0) is 14.3 Å². The third-order valence-electron chi connectivity index (χ3n) is 3.38. The molecular formula is C12H20O4. The van der Waals surface area contributed by atoms with Crippen molar-refractivity contribution in [2.45, 2.75) is 58.5 Å². The quantitative estimate of drug-likeness (QED) is 0.574. The number of carbonyl (C=O) groups excluding carboxylic acids is 1. The lowest BCUT2D eigenvalue weighted by Crippen LogP contribution is -2.39. The van der Waals surface area contributed by atoms with E-state index in [4.69, 9.17) is 9.47 Å². The SMILES string of the molecule is CC(C)(C)C(O)OC1CCC2CC1OC2=O. The number of aliphatic hydroxyl groups excluding tert-OH is 1. The fourth-order valence-electron chi connectivity index (χ4n) is 2.21. The Morgan fingerprint density at radius 1 is 1.44 bits per heavy atom. The van der Waals surface area contributed by atoms with Gasteiger partial charge in [0.2, 0.25) is 0 Å². The molecule has 4 atom stereocenters. The van der Waals surface area contributed by atoms with Gasteiger partial charge in [-0.25, -0.2) is 0 Å². The number of ether oxygens (including phenoxy) is 2. The zero-order chi connectivity index (χ0) is 11.9. The van der Waals surface area contributed by atoms with Crippen molar-refractivity contribution in [1.29, 1.82) is 0 Å². The first-order chi connectivity index (χ1) is 7.38. The highest BCUT2D eigenvalue weighted by Gasteiger charge is 2.45. The number of fused-ring (bicyclic) bond motifs is 2. The molecule has 2 rings (SSSR count). The van der Waals surface area contributed by atoms with Crippen molar-refractivity contribution in [2.75, 3.05) is 0 Å². The van der Waals surface area contributed by atoms with Crippen molar-refractivity contribution in [2.24, 2.45) is 11.3 Å². The van der Waals surface area contributed by atoms with Gasteiger partial charge in [-0.05, 0) is 12.8 Å². The van der Waals surface area contributed by atoms with Crippen molar-refractivity contribution in [3.05, 3.63) is 0 Å². The minimum atomic E-state index is -0.812. The van der Waals surface area contributed by atoms with Crippen molar-refractivity contribution < 1.29 is 19.4 Å². The number of aliphatic hydroxyl groups is 1. The van der Waals surface area contributed by atoms with E-state index in [0.29, 0.717) is 0 Å². The Morgan fingerprint density at radius 3 is 2.75 bits per heavy atom. The molecule has 1 saturated carbocycles. The Bertz CT molecular complexity index is 281. The molecule has 1 aliphatic carbocycles. The molecule has 1 N–H and O–H groups in total. The molecule has 16 heavy (non-hydrogen) atoms. The highest BCUT2D eigenvalue weighted by molar-refractivity contribution is 5.75. The van der Waals surface area contributed by atoms with Gasteiger partial charge >= 0.3 is 5.97 Å². The molecule has 4 heteroatoms. The molecule has 1 aliphatic heterocycles. The summed E-state index contributed by atoms with van der Waals surface area (Å²) < 4.78 is 10.8. The van der Waals surface area contributed by atoms with Gasteiger partial charge in [0.15, 0.2) is 6.29 Å². The fourth-order valence-corrected chi connectivity index (χ4v) is 2.21. The summed E-state index contributed by atoms with van der Waals surface area (Å²) in [7, 11) is 0. The van der Waals surface area contributed by atoms with Crippen molar-refractivity contribution in [3.8, 4) is 0 Å². The van der Waals surface area contributed by atoms with Gasteiger partial charge in [0.05, 0.1) is 12.0 Å². The molecule has 4 unspecified atom stereocenters. The smallest absolute Gasteiger partial charge is 0.309 e. The Hall–Kier alpha value is -0.610. The molecule has 2 fully saturated rings. The van der Waals surface area contributed by atoms with Gasteiger partial charge in [-0.15, -0.1) is 0 Å². The average molecular weight is 228 g/mol. The number of hydrogen-bond acceptors (Lipinski definition) is 4. The van der Waals surface area contributed by atoms with Crippen LogP contribution in [0, 0.1) is 11.3 Å². The normalized spacial score (nSPS) is 36.0. The van der Waals surface area contributed by atoms with Crippen LogP contribution in [0.3, 0.4) is 0 Å². The van der Waals surface area contributed by atoms with Gasteiger partial charge in [0, 0.05) is 11.8 Å². The second-order valence-electron chi connectivity index (χ2n) is 5.88. The molecule has 0 amide bonds. The highest BCUT2D eigenvalue weighted by atomic mass is 16.6. The largest absolute Gasteiger partial charge is 0.459 e. The maximum absolute atomic E-state index is 11.3. The summed E-state index contributed by atoms with van der Waals surface area (Å²) in [6.45, 7) is 5.76. The summed E-state index contributed by atoms with van der Waals surface area (Å²) in [6.07, 6.45) is 1.26. The Labute approximate surface area is 95.9 Å². The van der Waals surface area contributed by atoms with Crippen LogP contribution in [0.1, 0.15) is 40.0 Å². The van der Waals surface area contributed by atoms with E-state index >= 15 is 0 Å². The topological polar surface area (TPSA) is 55.8 Å². The molecule has 2 bridgehead atoms. The van der Waals surface area contributed by atoms with E-state index in [0.717, 1.165) is 19.3 Å². The summed E-state index contributed by atoms with van der Waals surface area (Å²) in [6, 6.07) is 0. The highest BCUT2D eigenvalue weighted by Crippen LogP contribution is 2.37. The van der Waals surface area contributed by atoms with Gasteiger partial charge in [-0.2, -0.15) is 0 Å². The summed E-state index contributed by atoms with van der Waals surface area (Å²) in [5.41, 5.74) is -0.306. The van der Waals surface area contributed by atoms with Crippen LogP contribution in [0.4, 0.5) is 0 Å². The molecular weight excluding hydrogens is 208 g/mol. The van der Waals surface area contributed by atoms with Crippen LogP contribution in [0.5, 0.6) is 0 Å².